The Morgan fingerprint density at radius 1 is 1.27 bits per heavy atom. The van der Waals surface area contributed by atoms with E-state index in [1.807, 2.05) is 0 Å². The number of nitro groups is 1. The lowest BCUT2D eigenvalue weighted by Crippen LogP contribution is -2.10. The molecule has 3 rings (SSSR count). The standard InChI is InChI=1S/C18H16ClF3N6O2/c1-3-27-9-14(18(20,21)22)25-16(27)12-6-4-11(5-7-12)10(2)24-15-13(28(29)30)8-23-17(19)26-15/h4-10H,3H2,1-2H3,(H,23,24,26)/t10-/m1/s1. The second-order valence-corrected chi connectivity index (χ2v) is 6.69. The van der Waals surface area contributed by atoms with Gasteiger partial charge in [0.2, 0.25) is 11.1 Å². The Bertz CT molecular complexity index is 1070. The molecule has 3 aromatic rings. The Hall–Kier alpha value is -3.21. The van der Waals surface area contributed by atoms with Crippen molar-refractivity contribution in [2.24, 2.45) is 0 Å². The molecule has 0 unspecified atom stereocenters. The molecule has 0 bridgehead atoms. The molecule has 8 nitrogen and oxygen atoms in total. The molecule has 158 valence electrons. The smallest absolute Gasteiger partial charge is 0.358 e. The lowest BCUT2D eigenvalue weighted by Gasteiger charge is -2.15. The number of benzene rings is 1. The Morgan fingerprint density at radius 2 is 1.93 bits per heavy atom. The summed E-state index contributed by atoms with van der Waals surface area (Å²) in [6.45, 7) is 3.81. The van der Waals surface area contributed by atoms with E-state index in [4.69, 9.17) is 11.6 Å². The average Bonchev–Trinajstić information content (AvgIpc) is 3.13. The quantitative estimate of drug-likeness (QED) is 0.325. The molecule has 2 aromatic heterocycles. The van der Waals surface area contributed by atoms with E-state index in [2.05, 4.69) is 20.3 Å². The maximum absolute atomic E-state index is 13.0. The van der Waals surface area contributed by atoms with E-state index in [9.17, 15) is 23.3 Å². The Morgan fingerprint density at radius 3 is 2.50 bits per heavy atom. The molecular weight excluding hydrogens is 425 g/mol. The van der Waals surface area contributed by atoms with Crippen molar-refractivity contribution in [1.29, 1.82) is 0 Å². The SMILES string of the molecule is CCn1cc(C(F)(F)F)nc1-c1ccc([C@@H](C)Nc2nc(Cl)ncc2[N+](=O)[O-])cc1. The molecule has 0 amide bonds. The van der Waals surface area contributed by atoms with Gasteiger partial charge in [0.25, 0.3) is 0 Å². The third kappa shape index (κ3) is 4.51. The minimum Gasteiger partial charge on any atom is -0.358 e. The van der Waals surface area contributed by atoms with Crippen molar-refractivity contribution >= 4 is 23.1 Å². The number of halogens is 4. The molecule has 0 fully saturated rings. The fourth-order valence-corrected chi connectivity index (χ4v) is 2.96. The maximum Gasteiger partial charge on any atom is 0.434 e. The monoisotopic (exact) mass is 440 g/mol. The molecule has 30 heavy (non-hydrogen) atoms. The summed E-state index contributed by atoms with van der Waals surface area (Å²) in [5.74, 6) is 0.170. The molecule has 0 aliphatic rings. The molecule has 2 heterocycles. The largest absolute Gasteiger partial charge is 0.434 e. The number of anilines is 1. The first-order valence-corrected chi connectivity index (χ1v) is 9.16. The zero-order valence-corrected chi connectivity index (χ0v) is 16.6. The van der Waals surface area contributed by atoms with Gasteiger partial charge < -0.3 is 9.88 Å². The molecule has 1 N–H and O–H groups in total. The van der Waals surface area contributed by atoms with E-state index in [0.717, 1.165) is 18.0 Å². The Balaban J connectivity index is 1.86. The number of rotatable bonds is 6. The van der Waals surface area contributed by atoms with Crippen LogP contribution in [0, 0.1) is 10.1 Å². The van der Waals surface area contributed by atoms with Crippen molar-refractivity contribution in [3.05, 3.63) is 63.3 Å². The molecule has 0 saturated carbocycles. The number of nitrogens with one attached hydrogen (secondary N) is 1. The van der Waals surface area contributed by atoms with Crippen molar-refractivity contribution in [3.8, 4) is 11.4 Å². The predicted molar refractivity (Wildman–Crippen MR) is 104 cm³/mol. The van der Waals surface area contributed by atoms with Crippen LogP contribution in [0.15, 0.2) is 36.7 Å². The highest BCUT2D eigenvalue weighted by Gasteiger charge is 2.34. The molecule has 0 aliphatic heterocycles. The highest BCUT2D eigenvalue weighted by atomic mass is 35.5. The number of alkyl halides is 3. The van der Waals surface area contributed by atoms with Gasteiger partial charge in [0.1, 0.15) is 12.0 Å². The normalized spacial score (nSPS) is 12.6. The van der Waals surface area contributed by atoms with Gasteiger partial charge in [0, 0.05) is 18.3 Å². The molecule has 0 saturated heterocycles. The molecule has 12 heteroatoms. The summed E-state index contributed by atoms with van der Waals surface area (Å²) >= 11 is 5.73. The van der Waals surface area contributed by atoms with E-state index < -0.39 is 22.8 Å². The van der Waals surface area contributed by atoms with Gasteiger partial charge in [-0.05, 0) is 31.0 Å². The number of aryl methyl sites for hydroxylation is 1. The summed E-state index contributed by atoms with van der Waals surface area (Å²) in [5.41, 5.74) is -0.0354. The molecule has 1 atom stereocenters. The molecule has 1 aromatic carbocycles. The third-order valence-electron chi connectivity index (χ3n) is 4.37. The lowest BCUT2D eigenvalue weighted by atomic mass is 10.1. The van der Waals surface area contributed by atoms with Gasteiger partial charge in [-0.2, -0.15) is 18.2 Å². The minimum absolute atomic E-state index is 0.0343. The van der Waals surface area contributed by atoms with Gasteiger partial charge in [0.15, 0.2) is 5.69 Å². The Labute approximate surface area is 173 Å². The van der Waals surface area contributed by atoms with Crippen molar-refractivity contribution in [3.63, 3.8) is 0 Å². The van der Waals surface area contributed by atoms with E-state index in [-0.39, 0.29) is 22.6 Å². The van der Waals surface area contributed by atoms with Gasteiger partial charge in [0.05, 0.1) is 11.0 Å². The van der Waals surface area contributed by atoms with Crippen LogP contribution in [-0.4, -0.2) is 24.4 Å². The van der Waals surface area contributed by atoms with Crippen molar-refractivity contribution < 1.29 is 18.1 Å². The van der Waals surface area contributed by atoms with Crippen LogP contribution >= 0.6 is 11.6 Å². The second kappa shape index (κ2) is 8.27. The maximum atomic E-state index is 13.0. The van der Waals surface area contributed by atoms with Crippen LogP contribution in [0.4, 0.5) is 24.7 Å². The second-order valence-electron chi connectivity index (χ2n) is 6.35. The first-order valence-electron chi connectivity index (χ1n) is 8.78. The topological polar surface area (TPSA) is 98.8 Å². The summed E-state index contributed by atoms with van der Waals surface area (Å²) in [5, 5.41) is 13.9. The number of hydrogen-bond acceptors (Lipinski definition) is 6. The van der Waals surface area contributed by atoms with Crippen LogP contribution in [0.2, 0.25) is 5.28 Å². The number of hydrogen-bond donors (Lipinski definition) is 1. The fraction of sp³-hybridized carbons (Fsp3) is 0.278. The van der Waals surface area contributed by atoms with Crippen molar-refractivity contribution in [1.82, 2.24) is 19.5 Å². The van der Waals surface area contributed by atoms with Gasteiger partial charge in [-0.15, -0.1) is 0 Å². The average molecular weight is 441 g/mol. The molecule has 0 spiro atoms. The minimum atomic E-state index is -4.53. The highest BCUT2D eigenvalue weighted by Crippen LogP contribution is 2.32. The van der Waals surface area contributed by atoms with E-state index >= 15 is 0 Å². The Kier molecular flexibility index (Phi) is 5.92. The van der Waals surface area contributed by atoms with Gasteiger partial charge in [-0.3, -0.25) is 10.1 Å². The van der Waals surface area contributed by atoms with E-state index in [0.29, 0.717) is 12.1 Å². The lowest BCUT2D eigenvalue weighted by molar-refractivity contribution is -0.384. The van der Waals surface area contributed by atoms with Crippen molar-refractivity contribution in [2.45, 2.75) is 32.6 Å². The van der Waals surface area contributed by atoms with Gasteiger partial charge >= 0.3 is 11.9 Å². The zero-order valence-electron chi connectivity index (χ0n) is 15.8. The zero-order chi connectivity index (χ0) is 22.1. The van der Waals surface area contributed by atoms with Crippen molar-refractivity contribution in [2.75, 3.05) is 5.32 Å². The van der Waals surface area contributed by atoms with Gasteiger partial charge in [-0.1, -0.05) is 24.3 Å². The van der Waals surface area contributed by atoms with Gasteiger partial charge in [-0.25, -0.2) is 9.97 Å². The first kappa shape index (κ1) is 21.5. The predicted octanol–water partition coefficient (Wildman–Crippen LogP) is 5.11. The summed E-state index contributed by atoms with van der Waals surface area (Å²) in [6.07, 6.45) is -2.54. The number of nitrogens with zero attached hydrogens (tertiary/aromatic N) is 5. The van der Waals surface area contributed by atoms with Crippen LogP contribution in [0.25, 0.3) is 11.4 Å². The summed E-state index contributed by atoms with van der Waals surface area (Å²) in [7, 11) is 0. The molecule has 0 radical (unpaired) electrons. The van der Waals surface area contributed by atoms with E-state index in [1.165, 1.54) is 4.57 Å². The summed E-state index contributed by atoms with van der Waals surface area (Å²) in [4.78, 5) is 21.7. The molecule has 0 aliphatic carbocycles. The summed E-state index contributed by atoms with van der Waals surface area (Å²) in [6, 6.07) is 6.28. The third-order valence-corrected chi connectivity index (χ3v) is 4.55. The molecular formula is C18H16ClF3N6O2. The van der Waals surface area contributed by atoms with Crippen LogP contribution in [0.1, 0.15) is 31.1 Å². The van der Waals surface area contributed by atoms with E-state index in [1.54, 1.807) is 38.1 Å². The highest BCUT2D eigenvalue weighted by molar-refractivity contribution is 6.28. The van der Waals surface area contributed by atoms with Crippen LogP contribution < -0.4 is 5.32 Å². The number of aromatic nitrogens is 4. The summed E-state index contributed by atoms with van der Waals surface area (Å²) < 4.78 is 40.4. The van der Waals surface area contributed by atoms with Crippen LogP contribution in [0.3, 0.4) is 0 Å². The number of imidazole rings is 1. The first-order chi connectivity index (χ1) is 14.1. The fourth-order valence-electron chi connectivity index (χ4n) is 2.83. The van der Waals surface area contributed by atoms with Crippen LogP contribution in [-0.2, 0) is 12.7 Å². The van der Waals surface area contributed by atoms with Crippen LogP contribution in [0.5, 0.6) is 0 Å².